The second kappa shape index (κ2) is 4.91. The van der Waals surface area contributed by atoms with Crippen LogP contribution >= 0.6 is 0 Å². The first kappa shape index (κ1) is 12.2. The fourth-order valence-electron chi connectivity index (χ4n) is 1.77. The Morgan fingerprint density at radius 1 is 1.28 bits per heavy atom. The third kappa shape index (κ3) is 2.51. The maximum Gasteiger partial charge on any atom is 0.307 e. The van der Waals surface area contributed by atoms with Crippen LogP contribution in [0.25, 0.3) is 11.4 Å². The molecule has 5 heteroatoms. The van der Waals surface area contributed by atoms with Gasteiger partial charge in [-0.1, -0.05) is 0 Å². The molecule has 2 rings (SSSR count). The van der Waals surface area contributed by atoms with E-state index in [9.17, 15) is 4.79 Å². The lowest BCUT2D eigenvalue weighted by atomic mass is 10.1. The maximum atomic E-state index is 10.8. The summed E-state index contributed by atoms with van der Waals surface area (Å²) in [5.74, 6) is -0.300. The zero-order valence-corrected chi connectivity index (χ0v) is 10.2. The number of hydrogen-bond donors (Lipinski definition) is 1. The molecule has 0 unspecified atom stereocenters. The molecule has 0 saturated heterocycles. The van der Waals surface area contributed by atoms with Crippen LogP contribution in [-0.4, -0.2) is 26.0 Å². The molecule has 0 spiro atoms. The maximum absolute atomic E-state index is 10.8. The Hall–Kier alpha value is -2.30. The fourth-order valence-corrected chi connectivity index (χ4v) is 1.77. The molecular formula is C13H13N3O2. The van der Waals surface area contributed by atoms with Crippen LogP contribution < -0.4 is 0 Å². The monoisotopic (exact) mass is 243 g/mol. The van der Waals surface area contributed by atoms with E-state index in [-0.39, 0.29) is 6.42 Å². The van der Waals surface area contributed by atoms with Gasteiger partial charge in [0.05, 0.1) is 6.42 Å². The molecule has 18 heavy (non-hydrogen) atoms. The van der Waals surface area contributed by atoms with Crippen molar-refractivity contribution < 1.29 is 9.90 Å². The highest BCUT2D eigenvalue weighted by Crippen LogP contribution is 2.18. The molecule has 2 aromatic heterocycles. The van der Waals surface area contributed by atoms with Gasteiger partial charge in [-0.05, 0) is 26.0 Å². The van der Waals surface area contributed by atoms with E-state index in [0.29, 0.717) is 22.8 Å². The molecule has 2 aromatic rings. The van der Waals surface area contributed by atoms with Crippen molar-refractivity contribution in [3.8, 4) is 11.4 Å². The van der Waals surface area contributed by atoms with E-state index in [2.05, 4.69) is 15.0 Å². The minimum atomic E-state index is -0.876. The molecule has 0 saturated carbocycles. The molecule has 92 valence electrons. The van der Waals surface area contributed by atoms with Crippen molar-refractivity contribution >= 4 is 5.97 Å². The summed E-state index contributed by atoms with van der Waals surface area (Å²) >= 11 is 0. The van der Waals surface area contributed by atoms with E-state index < -0.39 is 5.97 Å². The number of nitrogens with zero attached hydrogens (tertiary/aromatic N) is 3. The van der Waals surface area contributed by atoms with Crippen molar-refractivity contribution in [3.05, 3.63) is 41.5 Å². The molecule has 0 aliphatic rings. The quantitative estimate of drug-likeness (QED) is 0.889. The number of carboxylic acid groups (broad SMARTS) is 1. The molecule has 0 aliphatic heterocycles. The van der Waals surface area contributed by atoms with E-state index in [1.165, 1.54) is 0 Å². The van der Waals surface area contributed by atoms with Gasteiger partial charge in [-0.2, -0.15) is 0 Å². The molecule has 2 heterocycles. The third-order valence-corrected chi connectivity index (χ3v) is 2.67. The minimum Gasteiger partial charge on any atom is -0.481 e. The zero-order chi connectivity index (χ0) is 13.1. The lowest BCUT2D eigenvalue weighted by Crippen LogP contribution is -2.08. The number of carboxylic acids is 1. The van der Waals surface area contributed by atoms with Gasteiger partial charge in [0.1, 0.15) is 0 Å². The van der Waals surface area contributed by atoms with E-state index in [1.807, 2.05) is 12.1 Å². The van der Waals surface area contributed by atoms with Crippen molar-refractivity contribution in [1.29, 1.82) is 0 Å². The van der Waals surface area contributed by atoms with Crippen LogP contribution in [0.1, 0.15) is 17.0 Å². The van der Waals surface area contributed by atoms with Gasteiger partial charge in [0.15, 0.2) is 5.82 Å². The Morgan fingerprint density at radius 3 is 2.44 bits per heavy atom. The van der Waals surface area contributed by atoms with E-state index in [1.54, 1.807) is 26.2 Å². The Kier molecular flexibility index (Phi) is 3.32. The second-order valence-electron chi connectivity index (χ2n) is 4.01. The first-order chi connectivity index (χ1) is 8.58. The highest BCUT2D eigenvalue weighted by molar-refractivity contribution is 5.71. The molecule has 0 atom stereocenters. The molecule has 0 radical (unpaired) electrons. The number of aryl methyl sites for hydroxylation is 2. The highest BCUT2D eigenvalue weighted by atomic mass is 16.4. The van der Waals surface area contributed by atoms with Crippen LogP contribution in [-0.2, 0) is 11.2 Å². The summed E-state index contributed by atoms with van der Waals surface area (Å²) < 4.78 is 0. The molecule has 0 aliphatic carbocycles. The SMILES string of the molecule is Cc1nc(-c2cccnc2)nc(C)c1CC(=O)O. The largest absolute Gasteiger partial charge is 0.481 e. The van der Waals surface area contributed by atoms with Gasteiger partial charge in [-0.25, -0.2) is 9.97 Å². The Bertz CT molecular complexity index is 559. The Labute approximate surface area is 105 Å². The fraction of sp³-hybridized carbons (Fsp3) is 0.231. The molecule has 1 N–H and O–H groups in total. The first-order valence-electron chi connectivity index (χ1n) is 5.54. The number of aliphatic carboxylic acids is 1. The normalized spacial score (nSPS) is 10.3. The number of hydrogen-bond acceptors (Lipinski definition) is 4. The summed E-state index contributed by atoms with van der Waals surface area (Å²) in [6.07, 6.45) is 3.32. The molecule has 0 bridgehead atoms. The lowest BCUT2D eigenvalue weighted by molar-refractivity contribution is -0.136. The zero-order valence-electron chi connectivity index (χ0n) is 10.2. The van der Waals surface area contributed by atoms with Crippen molar-refractivity contribution in [2.45, 2.75) is 20.3 Å². The van der Waals surface area contributed by atoms with Crippen LogP contribution in [0.15, 0.2) is 24.5 Å². The Balaban J connectivity index is 2.46. The van der Waals surface area contributed by atoms with E-state index in [0.717, 1.165) is 5.56 Å². The van der Waals surface area contributed by atoms with Gasteiger partial charge < -0.3 is 5.11 Å². The summed E-state index contributed by atoms with van der Waals surface area (Å²) in [6.45, 7) is 3.60. The molecule has 0 amide bonds. The summed E-state index contributed by atoms with van der Waals surface area (Å²) in [5.41, 5.74) is 2.90. The van der Waals surface area contributed by atoms with Crippen LogP contribution in [0.5, 0.6) is 0 Å². The topological polar surface area (TPSA) is 76.0 Å². The van der Waals surface area contributed by atoms with Crippen molar-refractivity contribution in [1.82, 2.24) is 15.0 Å². The predicted octanol–water partition coefficient (Wildman–Crippen LogP) is 1.78. The highest BCUT2D eigenvalue weighted by Gasteiger charge is 2.12. The van der Waals surface area contributed by atoms with Crippen LogP contribution in [0.2, 0.25) is 0 Å². The van der Waals surface area contributed by atoms with Gasteiger partial charge in [0.2, 0.25) is 0 Å². The van der Waals surface area contributed by atoms with Gasteiger partial charge in [0, 0.05) is 34.9 Å². The minimum absolute atomic E-state index is 0.0506. The second-order valence-corrected chi connectivity index (χ2v) is 4.01. The van der Waals surface area contributed by atoms with E-state index in [4.69, 9.17) is 5.11 Å². The first-order valence-corrected chi connectivity index (χ1v) is 5.54. The summed E-state index contributed by atoms with van der Waals surface area (Å²) in [7, 11) is 0. The number of pyridine rings is 1. The van der Waals surface area contributed by atoms with Gasteiger partial charge in [-0.3, -0.25) is 9.78 Å². The summed E-state index contributed by atoms with van der Waals surface area (Å²) in [5, 5.41) is 8.84. The number of carbonyl (C=O) groups is 1. The van der Waals surface area contributed by atoms with Crippen LogP contribution in [0.4, 0.5) is 0 Å². The van der Waals surface area contributed by atoms with Gasteiger partial charge >= 0.3 is 5.97 Å². The molecular weight excluding hydrogens is 230 g/mol. The van der Waals surface area contributed by atoms with Gasteiger partial charge in [0.25, 0.3) is 0 Å². The number of aromatic nitrogens is 3. The Morgan fingerprint density at radius 2 is 1.94 bits per heavy atom. The van der Waals surface area contributed by atoms with Crippen molar-refractivity contribution in [3.63, 3.8) is 0 Å². The summed E-state index contributed by atoms with van der Waals surface area (Å²) in [4.78, 5) is 23.5. The smallest absolute Gasteiger partial charge is 0.307 e. The van der Waals surface area contributed by atoms with Crippen LogP contribution in [0.3, 0.4) is 0 Å². The predicted molar refractivity (Wildman–Crippen MR) is 66.1 cm³/mol. The third-order valence-electron chi connectivity index (χ3n) is 2.67. The molecule has 5 nitrogen and oxygen atoms in total. The average Bonchev–Trinajstić information content (AvgIpc) is 2.34. The van der Waals surface area contributed by atoms with E-state index >= 15 is 0 Å². The van der Waals surface area contributed by atoms with Gasteiger partial charge in [-0.15, -0.1) is 0 Å². The van der Waals surface area contributed by atoms with Crippen molar-refractivity contribution in [2.24, 2.45) is 0 Å². The average molecular weight is 243 g/mol. The van der Waals surface area contributed by atoms with Crippen molar-refractivity contribution in [2.75, 3.05) is 0 Å². The van der Waals surface area contributed by atoms with Crippen LogP contribution in [0, 0.1) is 13.8 Å². The summed E-state index contributed by atoms with van der Waals surface area (Å²) in [6, 6.07) is 3.69. The standard InChI is InChI=1S/C13H13N3O2/c1-8-11(6-12(17)18)9(2)16-13(15-8)10-4-3-5-14-7-10/h3-5,7H,6H2,1-2H3,(H,17,18). The lowest BCUT2D eigenvalue weighted by Gasteiger charge is -2.08. The molecule has 0 fully saturated rings. The molecule has 0 aromatic carbocycles. The number of rotatable bonds is 3.